The van der Waals surface area contributed by atoms with Crippen molar-refractivity contribution in [3.05, 3.63) is 42.3 Å². The monoisotopic (exact) mass is 443 g/mol. The van der Waals surface area contributed by atoms with Crippen molar-refractivity contribution in [1.82, 2.24) is 9.88 Å². The molecule has 0 radical (unpaired) electrons. The van der Waals surface area contributed by atoms with Gasteiger partial charge >= 0.3 is 35.7 Å². The summed E-state index contributed by atoms with van der Waals surface area (Å²) in [4.78, 5) is 40.3. The Hall–Kier alpha value is -2.21. The molecule has 0 saturated carbocycles. The second-order valence-electron chi connectivity index (χ2n) is 7.02. The summed E-state index contributed by atoms with van der Waals surface area (Å²) < 4.78 is 28.7. The number of fused-ring (bicyclic) bond motifs is 1. The summed E-state index contributed by atoms with van der Waals surface area (Å²) in [6.45, 7) is 5.98. The van der Waals surface area contributed by atoms with E-state index in [0.717, 1.165) is 4.90 Å². The number of sulfone groups is 1. The van der Waals surface area contributed by atoms with E-state index in [4.69, 9.17) is 4.74 Å². The number of ether oxygens (including phenoxy) is 1. The summed E-state index contributed by atoms with van der Waals surface area (Å²) in [6, 6.07) is 1.39. The third-order valence-electron chi connectivity index (χ3n) is 4.86. The number of pyridine rings is 1. The Balaban J connectivity index is 0.00000320. The Labute approximate surface area is 195 Å². The average molecular weight is 443 g/mol. The second kappa shape index (κ2) is 8.50. The van der Waals surface area contributed by atoms with Gasteiger partial charge in [-0.25, -0.2) is 13.2 Å². The van der Waals surface area contributed by atoms with Crippen molar-refractivity contribution >= 4 is 39.6 Å². The van der Waals surface area contributed by atoms with E-state index in [9.17, 15) is 27.9 Å². The molecular weight excluding hydrogens is 425 g/mol. The van der Waals surface area contributed by atoms with E-state index in [1.54, 1.807) is 0 Å². The maximum Gasteiger partial charge on any atom is 1.00 e. The third kappa shape index (κ3) is 3.78. The molecule has 0 spiro atoms. The second-order valence-corrected chi connectivity index (χ2v) is 9.61. The SMILES string of the molecule is C=CCOC(=O)Nc1ccc(/C=C2/C(=O)N3[C@@H](C(=O)[O-])C(C)(C)S(=O)(=O)[C@H]23)nc1.[Na+]. The van der Waals surface area contributed by atoms with Crippen molar-refractivity contribution in [2.75, 3.05) is 11.9 Å². The molecule has 2 aliphatic rings. The molecule has 2 aliphatic heterocycles. The first-order valence-electron chi connectivity index (χ1n) is 8.51. The molecule has 30 heavy (non-hydrogen) atoms. The van der Waals surface area contributed by atoms with Gasteiger partial charge in [-0.05, 0) is 32.1 Å². The Morgan fingerprint density at radius 1 is 1.40 bits per heavy atom. The summed E-state index contributed by atoms with van der Waals surface area (Å²) in [5.74, 6) is -2.32. The van der Waals surface area contributed by atoms with Gasteiger partial charge in [-0.15, -0.1) is 0 Å². The zero-order chi connectivity index (χ0) is 21.6. The van der Waals surface area contributed by atoms with E-state index in [-0.39, 0.29) is 47.4 Å². The van der Waals surface area contributed by atoms with E-state index in [1.165, 1.54) is 44.3 Å². The number of carbonyl (C=O) groups is 3. The number of rotatable bonds is 5. The van der Waals surface area contributed by atoms with Crippen LogP contribution in [0.4, 0.5) is 10.5 Å². The third-order valence-corrected chi connectivity index (χ3v) is 7.61. The van der Waals surface area contributed by atoms with Crippen LogP contribution in [0.25, 0.3) is 6.08 Å². The molecule has 2 saturated heterocycles. The molecule has 0 aliphatic carbocycles. The first kappa shape index (κ1) is 24.1. The van der Waals surface area contributed by atoms with Gasteiger partial charge < -0.3 is 19.5 Å². The minimum Gasteiger partial charge on any atom is -0.548 e. The first-order chi connectivity index (χ1) is 13.5. The van der Waals surface area contributed by atoms with Gasteiger partial charge in [-0.3, -0.25) is 15.1 Å². The molecule has 154 valence electrons. The van der Waals surface area contributed by atoms with Crippen LogP contribution >= 0.6 is 0 Å². The number of carbonyl (C=O) groups excluding carboxylic acids is 3. The molecular formula is C18H18N3NaO7S. The zero-order valence-corrected chi connectivity index (χ0v) is 19.4. The van der Waals surface area contributed by atoms with E-state index >= 15 is 0 Å². The summed E-state index contributed by atoms with van der Waals surface area (Å²) in [6.07, 6.45) is 3.30. The fraction of sp³-hybridized carbons (Fsp3) is 0.333. The standard InChI is InChI=1S/C18H19N3O7S.Na/c1-4-7-28-17(25)20-11-6-5-10(19-9-11)8-12-14(22)21-13(16(23)24)18(2,3)29(26,27)15(12)21;/h4-6,8-9,13,15H,1,7H2,2-3H3,(H,20,25)(H,23,24);/q;+1/p-1/b12-8-;/t13-,15+;/m0./s1. The van der Waals surface area contributed by atoms with Crippen LogP contribution < -0.4 is 40.0 Å². The van der Waals surface area contributed by atoms with Gasteiger partial charge in [0, 0.05) is 0 Å². The summed E-state index contributed by atoms with van der Waals surface area (Å²) >= 11 is 0. The van der Waals surface area contributed by atoms with Crippen LogP contribution in [-0.2, 0) is 24.2 Å². The van der Waals surface area contributed by atoms with E-state index < -0.39 is 44.0 Å². The number of carboxylic acid groups (broad SMARTS) is 1. The number of nitrogens with one attached hydrogen (secondary N) is 1. The van der Waals surface area contributed by atoms with Crippen molar-refractivity contribution < 1.29 is 62.2 Å². The smallest absolute Gasteiger partial charge is 0.548 e. The maximum absolute atomic E-state index is 12.8. The van der Waals surface area contributed by atoms with E-state index in [1.807, 2.05) is 0 Å². The van der Waals surface area contributed by atoms with Crippen molar-refractivity contribution in [1.29, 1.82) is 0 Å². The fourth-order valence-corrected chi connectivity index (χ4v) is 5.45. The summed E-state index contributed by atoms with van der Waals surface area (Å²) in [5.41, 5.74) is 0.526. The van der Waals surface area contributed by atoms with E-state index in [2.05, 4.69) is 16.9 Å². The fourth-order valence-electron chi connectivity index (χ4n) is 3.34. The molecule has 0 bridgehead atoms. The Bertz CT molecular complexity index is 1030. The van der Waals surface area contributed by atoms with E-state index in [0.29, 0.717) is 5.69 Å². The number of β-lactam (4-membered cyclic amide) rings is 1. The van der Waals surface area contributed by atoms with Crippen molar-refractivity contribution in [3.8, 4) is 0 Å². The molecule has 3 rings (SSSR count). The first-order valence-corrected chi connectivity index (χ1v) is 10.1. The summed E-state index contributed by atoms with van der Waals surface area (Å²) in [7, 11) is -3.99. The van der Waals surface area contributed by atoms with Crippen molar-refractivity contribution in [2.24, 2.45) is 0 Å². The van der Waals surface area contributed by atoms with Gasteiger partial charge in [0.05, 0.1) is 39.9 Å². The Kier molecular flexibility index (Phi) is 6.82. The largest absolute Gasteiger partial charge is 1.00 e. The normalized spacial score (nSPS) is 24.3. The number of anilines is 1. The van der Waals surface area contributed by atoms with Gasteiger partial charge in [0.15, 0.2) is 15.2 Å². The number of aromatic nitrogens is 1. The molecule has 3 heterocycles. The minimum absolute atomic E-state index is 0. The van der Waals surface area contributed by atoms with Gasteiger partial charge in [0.1, 0.15) is 6.61 Å². The molecule has 0 aromatic carbocycles. The molecule has 2 atom stereocenters. The van der Waals surface area contributed by atoms with Crippen LogP contribution in [0.5, 0.6) is 0 Å². The average Bonchev–Trinajstić information content (AvgIpc) is 2.79. The maximum atomic E-state index is 12.8. The number of carboxylic acids is 1. The van der Waals surface area contributed by atoms with Crippen LogP contribution in [0.3, 0.4) is 0 Å². The molecule has 1 N–H and O–H groups in total. The van der Waals surface area contributed by atoms with Crippen LogP contribution in [0, 0.1) is 0 Å². The van der Waals surface area contributed by atoms with Crippen LogP contribution in [0.1, 0.15) is 19.5 Å². The molecule has 2 amide bonds. The van der Waals surface area contributed by atoms with Gasteiger partial charge in [0.25, 0.3) is 5.91 Å². The number of hydrogen-bond donors (Lipinski definition) is 1. The van der Waals surface area contributed by atoms with Gasteiger partial charge in [0.2, 0.25) is 0 Å². The van der Waals surface area contributed by atoms with Crippen molar-refractivity contribution in [2.45, 2.75) is 30.0 Å². The number of aliphatic carboxylic acids is 1. The van der Waals surface area contributed by atoms with Crippen LogP contribution in [0.15, 0.2) is 36.6 Å². The Morgan fingerprint density at radius 3 is 2.60 bits per heavy atom. The molecule has 10 nitrogen and oxygen atoms in total. The molecule has 2 fully saturated rings. The predicted molar refractivity (Wildman–Crippen MR) is 99.8 cm³/mol. The van der Waals surface area contributed by atoms with Crippen LogP contribution in [0.2, 0.25) is 0 Å². The quantitative estimate of drug-likeness (QED) is 0.216. The molecule has 0 unspecified atom stereocenters. The number of nitrogens with zero attached hydrogens (tertiary/aromatic N) is 2. The minimum atomic E-state index is -3.99. The Morgan fingerprint density at radius 2 is 2.07 bits per heavy atom. The molecule has 12 heteroatoms. The van der Waals surface area contributed by atoms with Crippen LogP contribution in [-0.4, -0.2) is 59.0 Å². The number of amides is 2. The topological polar surface area (TPSA) is 146 Å². The molecule has 1 aromatic rings. The van der Waals surface area contributed by atoms with Crippen molar-refractivity contribution in [3.63, 3.8) is 0 Å². The van der Waals surface area contributed by atoms with Gasteiger partial charge in [-0.1, -0.05) is 12.7 Å². The zero-order valence-electron chi connectivity index (χ0n) is 16.6. The summed E-state index contributed by atoms with van der Waals surface area (Å²) in [5, 5.41) is 12.5. The number of hydrogen-bond acceptors (Lipinski definition) is 8. The molecule has 1 aromatic heterocycles. The van der Waals surface area contributed by atoms with Gasteiger partial charge in [-0.2, -0.15) is 0 Å². The predicted octanol–water partition coefficient (Wildman–Crippen LogP) is -3.30.